The second kappa shape index (κ2) is 10.8. The number of nitrogens with zero attached hydrogens (tertiary/aromatic N) is 1. The van der Waals surface area contributed by atoms with Gasteiger partial charge in [0.1, 0.15) is 0 Å². The Labute approximate surface area is 91.8 Å². The Hall–Kier alpha value is -0.250. The Morgan fingerprint density at radius 2 is 1.29 bits per heavy atom. The van der Waals surface area contributed by atoms with Crippen LogP contribution in [0.4, 0.5) is 0 Å². The summed E-state index contributed by atoms with van der Waals surface area (Å²) in [6.07, 6.45) is 9.17. The number of unbranched alkanes of at least 4 members (excludes halogenated alkanes) is 7. The SMILES string of the molecule is O=[N+]([O-])CCCCCCCCCCS. The highest BCUT2D eigenvalue weighted by atomic mass is 32.1. The van der Waals surface area contributed by atoms with Crippen molar-refractivity contribution in [2.45, 2.75) is 51.4 Å². The van der Waals surface area contributed by atoms with Crippen molar-refractivity contribution < 1.29 is 4.92 Å². The first-order chi connectivity index (χ1) is 6.77. The molecule has 0 fully saturated rings. The third-order valence-electron chi connectivity index (χ3n) is 2.25. The predicted octanol–water partition coefficient (Wildman–Crippen LogP) is 3.31. The number of hydrogen-bond acceptors (Lipinski definition) is 3. The minimum atomic E-state index is -0.229. The Balaban J connectivity index is 2.88. The van der Waals surface area contributed by atoms with E-state index in [1.165, 1.54) is 32.1 Å². The van der Waals surface area contributed by atoms with Crippen LogP contribution in [0.2, 0.25) is 0 Å². The van der Waals surface area contributed by atoms with Crippen molar-refractivity contribution >= 4 is 12.6 Å². The molecule has 84 valence electrons. The van der Waals surface area contributed by atoms with Crippen molar-refractivity contribution in [3.63, 3.8) is 0 Å². The third-order valence-corrected chi connectivity index (χ3v) is 2.57. The van der Waals surface area contributed by atoms with Crippen LogP contribution in [0.3, 0.4) is 0 Å². The standard InChI is InChI=1S/C10H21NO2S/c12-11(13)9-7-5-3-1-2-4-6-8-10-14/h14H,1-10H2. The highest BCUT2D eigenvalue weighted by molar-refractivity contribution is 7.80. The number of thiol groups is 1. The molecule has 0 amide bonds. The molecule has 0 atom stereocenters. The maximum atomic E-state index is 10.0. The molecule has 0 rings (SSSR count). The maximum absolute atomic E-state index is 10.0. The van der Waals surface area contributed by atoms with Gasteiger partial charge in [0, 0.05) is 11.3 Å². The van der Waals surface area contributed by atoms with Gasteiger partial charge in [-0.1, -0.05) is 32.1 Å². The Bertz CT molecular complexity index is 142. The van der Waals surface area contributed by atoms with Crippen molar-refractivity contribution in [3.05, 3.63) is 10.1 Å². The minimum Gasteiger partial charge on any atom is -0.265 e. The molecule has 3 nitrogen and oxygen atoms in total. The van der Waals surface area contributed by atoms with Gasteiger partial charge in [-0.15, -0.1) is 0 Å². The lowest BCUT2D eigenvalue weighted by molar-refractivity contribution is -0.480. The van der Waals surface area contributed by atoms with E-state index in [-0.39, 0.29) is 11.5 Å². The lowest BCUT2D eigenvalue weighted by Crippen LogP contribution is -1.99. The normalized spacial score (nSPS) is 10.4. The second-order valence-corrected chi connectivity index (χ2v) is 4.06. The molecule has 0 unspecified atom stereocenters. The van der Waals surface area contributed by atoms with Crippen LogP contribution in [0.5, 0.6) is 0 Å². The molecule has 0 aromatic carbocycles. The molecule has 4 heteroatoms. The Kier molecular flexibility index (Phi) is 10.6. The molecule has 0 aromatic heterocycles. The van der Waals surface area contributed by atoms with Crippen LogP contribution in [-0.2, 0) is 0 Å². The quantitative estimate of drug-likeness (QED) is 0.265. The van der Waals surface area contributed by atoms with Gasteiger partial charge in [-0.05, 0) is 18.6 Å². The fourth-order valence-electron chi connectivity index (χ4n) is 1.41. The summed E-state index contributed by atoms with van der Waals surface area (Å²) in [4.78, 5) is 9.78. The first-order valence-electron chi connectivity index (χ1n) is 5.50. The largest absolute Gasteiger partial charge is 0.265 e. The zero-order chi connectivity index (χ0) is 10.6. The maximum Gasteiger partial charge on any atom is 0.203 e. The first kappa shape index (κ1) is 13.8. The average molecular weight is 219 g/mol. The van der Waals surface area contributed by atoms with Gasteiger partial charge in [0.05, 0.1) is 0 Å². The molecule has 0 aliphatic heterocycles. The van der Waals surface area contributed by atoms with Gasteiger partial charge in [-0.25, -0.2) is 0 Å². The van der Waals surface area contributed by atoms with E-state index in [9.17, 15) is 10.1 Å². The molecule has 0 bridgehead atoms. The Morgan fingerprint density at radius 3 is 1.71 bits per heavy atom. The predicted molar refractivity (Wildman–Crippen MR) is 62.7 cm³/mol. The summed E-state index contributed by atoms with van der Waals surface area (Å²) in [5, 5.41) is 10.0. The lowest BCUT2D eigenvalue weighted by atomic mass is 10.1. The van der Waals surface area contributed by atoms with E-state index in [2.05, 4.69) is 12.6 Å². The van der Waals surface area contributed by atoms with Crippen LogP contribution in [0.1, 0.15) is 51.4 Å². The summed E-state index contributed by atoms with van der Waals surface area (Å²) in [5.41, 5.74) is 0. The summed E-state index contributed by atoms with van der Waals surface area (Å²) in [7, 11) is 0. The van der Waals surface area contributed by atoms with Crippen molar-refractivity contribution in [3.8, 4) is 0 Å². The molecular weight excluding hydrogens is 198 g/mol. The molecule has 0 aliphatic rings. The Morgan fingerprint density at radius 1 is 0.857 bits per heavy atom. The topological polar surface area (TPSA) is 43.1 Å². The van der Waals surface area contributed by atoms with Crippen molar-refractivity contribution in [1.82, 2.24) is 0 Å². The summed E-state index contributed by atoms with van der Waals surface area (Å²) in [6.45, 7) is 0.139. The number of hydrogen-bond donors (Lipinski definition) is 1. The molecule has 14 heavy (non-hydrogen) atoms. The van der Waals surface area contributed by atoms with Crippen LogP contribution in [-0.4, -0.2) is 17.2 Å². The number of rotatable bonds is 10. The van der Waals surface area contributed by atoms with E-state index >= 15 is 0 Å². The molecule has 0 N–H and O–H groups in total. The second-order valence-electron chi connectivity index (χ2n) is 3.61. The third kappa shape index (κ3) is 11.8. The highest BCUT2D eigenvalue weighted by Gasteiger charge is 1.96. The fourth-order valence-corrected chi connectivity index (χ4v) is 1.64. The highest BCUT2D eigenvalue weighted by Crippen LogP contribution is 2.08. The van der Waals surface area contributed by atoms with Gasteiger partial charge >= 0.3 is 0 Å². The molecule has 0 saturated heterocycles. The average Bonchev–Trinajstić information content (AvgIpc) is 2.15. The zero-order valence-corrected chi connectivity index (χ0v) is 9.68. The van der Waals surface area contributed by atoms with E-state index in [4.69, 9.17) is 0 Å². The molecule has 0 spiro atoms. The zero-order valence-electron chi connectivity index (χ0n) is 8.78. The van der Waals surface area contributed by atoms with Gasteiger partial charge in [0.25, 0.3) is 0 Å². The van der Waals surface area contributed by atoms with Crippen LogP contribution in [0.25, 0.3) is 0 Å². The van der Waals surface area contributed by atoms with Gasteiger partial charge in [-0.2, -0.15) is 12.6 Å². The summed E-state index contributed by atoms with van der Waals surface area (Å²) < 4.78 is 0. The molecule has 0 saturated carbocycles. The van der Waals surface area contributed by atoms with Crippen LogP contribution < -0.4 is 0 Å². The van der Waals surface area contributed by atoms with Gasteiger partial charge < -0.3 is 0 Å². The van der Waals surface area contributed by atoms with E-state index in [0.717, 1.165) is 25.0 Å². The van der Waals surface area contributed by atoms with Gasteiger partial charge in [0.2, 0.25) is 6.54 Å². The van der Waals surface area contributed by atoms with E-state index < -0.39 is 0 Å². The first-order valence-corrected chi connectivity index (χ1v) is 6.13. The molecular formula is C10H21NO2S. The van der Waals surface area contributed by atoms with Crippen molar-refractivity contribution in [2.75, 3.05) is 12.3 Å². The summed E-state index contributed by atoms with van der Waals surface area (Å²) in [6, 6.07) is 0. The van der Waals surface area contributed by atoms with E-state index in [0.29, 0.717) is 0 Å². The van der Waals surface area contributed by atoms with E-state index in [1.54, 1.807) is 0 Å². The van der Waals surface area contributed by atoms with Gasteiger partial charge in [-0.3, -0.25) is 10.1 Å². The van der Waals surface area contributed by atoms with Crippen LogP contribution in [0, 0.1) is 10.1 Å². The smallest absolute Gasteiger partial charge is 0.203 e. The molecule has 0 radical (unpaired) electrons. The lowest BCUT2D eigenvalue weighted by Gasteiger charge is -1.99. The molecule has 0 heterocycles. The summed E-state index contributed by atoms with van der Waals surface area (Å²) in [5.74, 6) is 0.989. The minimum absolute atomic E-state index is 0.139. The molecule has 0 aromatic rings. The van der Waals surface area contributed by atoms with Crippen LogP contribution in [0.15, 0.2) is 0 Å². The summed E-state index contributed by atoms with van der Waals surface area (Å²) >= 11 is 4.15. The molecule has 0 aliphatic carbocycles. The van der Waals surface area contributed by atoms with Gasteiger partial charge in [0.15, 0.2) is 0 Å². The van der Waals surface area contributed by atoms with Crippen molar-refractivity contribution in [2.24, 2.45) is 0 Å². The monoisotopic (exact) mass is 219 g/mol. The van der Waals surface area contributed by atoms with E-state index in [1.807, 2.05) is 0 Å². The fraction of sp³-hybridized carbons (Fsp3) is 1.00. The van der Waals surface area contributed by atoms with Crippen molar-refractivity contribution in [1.29, 1.82) is 0 Å². The van der Waals surface area contributed by atoms with Crippen LogP contribution >= 0.6 is 12.6 Å². The number of nitro groups is 1.